The van der Waals surface area contributed by atoms with Crippen LogP contribution < -0.4 is 10.6 Å². The van der Waals surface area contributed by atoms with E-state index in [0.29, 0.717) is 24.2 Å². The second kappa shape index (κ2) is 20.2. The van der Waals surface area contributed by atoms with Crippen molar-refractivity contribution in [2.24, 2.45) is 0 Å². The van der Waals surface area contributed by atoms with E-state index in [2.05, 4.69) is 73.7 Å². The smallest absolute Gasteiger partial charge is 0.0300 e. The minimum Gasteiger partial charge on any atom is -0.374 e. The van der Waals surface area contributed by atoms with E-state index in [-0.39, 0.29) is 0 Å². The highest BCUT2D eigenvalue weighted by Crippen LogP contribution is 2.20. The topological polar surface area (TPSA) is 30.5 Å². The Hall–Kier alpha value is -1.00. The molecule has 1 heterocycles. The third kappa shape index (κ3) is 12.6. The maximum Gasteiger partial charge on any atom is 0.0300 e. The molecule has 4 nitrogen and oxygen atoms in total. The lowest BCUT2D eigenvalue weighted by Gasteiger charge is -2.33. The van der Waals surface area contributed by atoms with Crippen LogP contribution in [0.1, 0.15) is 118 Å². The molecule has 0 spiro atoms. The third-order valence-corrected chi connectivity index (χ3v) is 7.92. The fourth-order valence-electron chi connectivity index (χ4n) is 5.71. The molecular weight excluding hydrogens is 416 g/mol. The zero-order valence-corrected chi connectivity index (χ0v) is 23.5. The SMILES string of the molecule is C=CN1CCNC(CC)CCCC(CC)NCCN(C=C)C(CCC)CCCCCC1CCC. The van der Waals surface area contributed by atoms with Crippen LogP contribution in [-0.2, 0) is 0 Å². The lowest BCUT2D eigenvalue weighted by molar-refractivity contribution is 0.226. The van der Waals surface area contributed by atoms with Crippen LogP contribution in [0.2, 0.25) is 0 Å². The first-order chi connectivity index (χ1) is 16.6. The minimum atomic E-state index is 0.630. The van der Waals surface area contributed by atoms with Gasteiger partial charge in [0.25, 0.3) is 0 Å². The Morgan fingerprint density at radius 3 is 1.44 bits per heavy atom. The predicted molar refractivity (Wildman–Crippen MR) is 152 cm³/mol. The Kier molecular flexibility index (Phi) is 18.5. The predicted octanol–water partition coefficient (Wildman–Crippen LogP) is 7.09. The molecule has 0 radical (unpaired) electrons. The number of hydrogen-bond donors (Lipinski definition) is 2. The van der Waals surface area contributed by atoms with Gasteiger partial charge in [0.1, 0.15) is 0 Å². The average molecular weight is 477 g/mol. The lowest BCUT2D eigenvalue weighted by atomic mass is 9.98. The van der Waals surface area contributed by atoms with E-state index in [1.807, 2.05) is 0 Å². The van der Waals surface area contributed by atoms with E-state index in [1.165, 1.54) is 89.9 Å². The molecule has 2 N–H and O–H groups in total. The van der Waals surface area contributed by atoms with Gasteiger partial charge in [0.05, 0.1) is 0 Å². The van der Waals surface area contributed by atoms with Gasteiger partial charge in [-0.3, -0.25) is 0 Å². The zero-order chi connectivity index (χ0) is 25.0. The zero-order valence-electron chi connectivity index (χ0n) is 23.5. The van der Waals surface area contributed by atoms with Crippen molar-refractivity contribution in [3.63, 3.8) is 0 Å². The molecule has 4 atom stereocenters. The van der Waals surface area contributed by atoms with Gasteiger partial charge in [0, 0.05) is 50.3 Å². The molecule has 1 fully saturated rings. The van der Waals surface area contributed by atoms with E-state index < -0.39 is 0 Å². The summed E-state index contributed by atoms with van der Waals surface area (Å²) >= 11 is 0. The summed E-state index contributed by atoms with van der Waals surface area (Å²) in [6, 6.07) is 2.54. The third-order valence-electron chi connectivity index (χ3n) is 7.92. The Bertz CT molecular complexity index is 452. The van der Waals surface area contributed by atoms with Crippen LogP contribution in [-0.4, -0.2) is 60.1 Å². The molecular formula is C30H60N4. The molecule has 0 aromatic rings. The van der Waals surface area contributed by atoms with Crippen molar-refractivity contribution < 1.29 is 0 Å². The van der Waals surface area contributed by atoms with Gasteiger partial charge >= 0.3 is 0 Å². The molecule has 0 aromatic carbocycles. The van der Waals surface area contributed by atoms with Crippen LogP contribution in [0.3, 0.4) is 0 Å². The highest BCUT2D eigenvalue weighted by atomic mass is 15.2. The summed E-state index contributed by atoms with van der Waals surface area (Å²) in [4.78, 5) is 5.05. The normalized spacial score (nSPS) is 27.8. The minimum absolute atomic E-state index is 0.630. The molecule has 0 saturated carbocycles. The molecule has 0 amide bonds. The first-order valence-electron chi connectivity index (χ1n) is 14.9. The number of nitrogens with zero attached hydrogens (tertiary/aromatic N) is 2. The van der Waals surface area contributed by atoms with Crippen molar-refractivity contribution in [1.29, 1.82) is 0 Å². The van der Waals surface area contributed by atoms with Crippen molar-refractivity contribution in [3.05, 3.63) is 25.6 Å². The number of hydrogen-bond acceptors (Lipinski definition) is 4. The largest absolute Gasteiger partial charge is 0.374 e. The summed E-state index contributed by atoms with van der Waals surface area (Å²) in [5.74, 6) is 0. The van der Waals surface area contributed by atoms with Gasteiger partial charge in [-0.05, 0) is 63.8 Å². The van der Waals surface area contributed by atoms with Gasteiger partial charge in [-0.2, -0.15) is 0 Å². The first kappa shape index (κ1) is 31.0. The lowest BCUT2D eigenvalue weighted by Crippen LogP contribution is -2.40. The van der Waals surface area contributed by atoms with Gasteiger partial charge in [0.15, 0.2) is 0 Å². The fourth-order valence-corrected chi connectivity index (χ4v) is 5.71. The van der Waals surface area contributed by atoms with Crippen molar-refractivity contribution in [1.82, 2.24) is 20.4 Å². The summed E-state index contributed by atoms with van der Waals surface area (Å²) in [6.07, 6.45) is 22.1. The highest BCUT2D eigenvalue weighted by molar-refractivity contribution is 4.83. The molecule has 200 valence electrons. The van der Waals surface area contributed by atoms with Crippen molar-refractivity contribution >= 4 is 0 Å². The van der Waals surface area contributed by atoms with Crippen LogP contribution >= 0.6 is 0 Å². The van der Waals surface area contributed by atoms with Gasteiger partial charge in [0.2, 0.25) is 0 Å². The molecule has 1 aliphatic rings. The summed E-state index contributed by atoms with van der Waals surface area (Å²) < 4.78 is 0. The quantitative estimate of drug-likeness (QED) is 0.391. The number of nitrogens with one attached hydrogen (secondary N) is 2. The van der Waals surface area contributed by atoms with Crippen LogP contribution in [0.5, 0.6) is 0 Å². The van der Waals surface area contributed by atoms with Gasteiger partial charge in [-0.1, -0.05) is 79.4 Å². The summed E-state index contributed by atoms with van der Waals surface area (Å²) in [7, 11) is 0. The second-order valence-electron chi connectivity index (χ2n) is 10.4. The molecule has 34 heavy (non-hydrogen) atoms. The van der Waals surface area contributed by atoms with Crippen LogP contribution in [0.4, 0.5) is 0 Å². The van der Waals surface area contributed by atoms with Crippen LogP contribution in [0.15, 0.2) is 25.6 Å². The molecule has 0 aromatic heterocycles. The van der Waals surface area contributed by atoms with E-state index >= 15 is 0 Å². The Morgan fingerprint density at radius 2 is 1.09 bits per heavy atom. The maximum absolute atomic E-state index is 4.17. The fraction of sp³-hybridized carbons (Fsp3) is 0.867. The molecule has 1 aliphatic heterocycles. The van der Waals surface area contributed by atoms with E-state index in [0.717, 1.165) is 26.2 Å². The van der Waals surface area contributed by atoms with Crippen molar-refractivity contribution in [2.45, 2.75) is 142 Å². The average Bonchev–Trinajstić information content (AvgIpc) is 2.85. The molecule has 0 bridgehead atoms. The molecule has 4 unspecified atom stereocenters. The molecule has 1 saturated heterocycles. The Labute approximate surface area is 214 Å². The van der Waals surface area contributed by atoms with Gasteiger partial charge < -0.3 is 20.4 Å². The second-order valence-corrected chi connectivity index (χ2v) is 10.4. The molecule has 4 heteroatoms. The summed E-state index contributed by atoms with van der Waals surface area (Å²) in [5, 5.41) is 7.71. The van der Waals surface area contributed by atoms with Gasteiger partial charge in [-0.25, -0.2) is 0 Å². The Morgan fingerprint density at radius 1 is 0.647 bits per heavy atom. The van der Waals surface area contributed by atoms with Gasteiger partial charge in [-0.15, -0.1) is 0 Å². The number of rotatable bonds is 8. The summed E-state index contributed by atoms with van der Waals surface area (Å²) in [6.45, 7) is 21.9. The molecule has 1 rings (SSSR count). The van der Waals surface area contributed by atoms with Crippen LogP contribution in [0.25, 0.3) is 0 Å². The van der Waals surface area contributed by atoms with E-state index in [4.69, 9.17) is 0 Å². The Balaban J connectivity index is 2.84. The van der Waals surface area contributed by atoms with Crippen LogP contribution in [0, 0.1) is 0 Å². The molecule has 0 aliphatic carbocycles. The van der Waals surface area contributed by atoms with Crippen molar-refractivity contribution in [3.8, 4) is 0 Å². The monoisotopic (exact) mass is 476 g/mol. The first-order valence-corrected chi connectivity index (χ1v) is 14.9. The highest BCUT2D eigenvalue weighted by Gasteiger charge is 2.17. The summed E-state index contributed by atoms with van der Waals surface area (Å²) in [5.41, 5.74) is 0. The maximum atomic E-state index is 4.17. The van der Waals surface area contributed by atoms with E-state index in [9.17, 15) is 0 Å². The van der Waals surface area contributed by atoms with Crippen molar-refractivity contribution in [2.75, 3.05) is 26.2 Å². The van der Waals surface area contributed by atoms with E-state index in [1.54, 1.807) is 0 Å². The standard InChI is InChI=1S/C30H60N4/c1-7-17-29-21-14-13-15-22-30(18-8-2)34(12-6)26-24-32-28(10-4)20-16-19-27(9-3)31-23-25-33(29)11-5/h11-12,27-32H,5-10,13-26H2,1-4H3.